The molecule has 2 aromatic carbocycles. The van der Waals surface area contributed by atoms with E-state index in [0.29, 0.717) is 10.2 Å². The van der Waals surface area contributed by atoms with Crippen LogP contribution in [-0.4, -0.2) is 92.9 Å². The molecule has 4 aromatic rings. The Kier molecular flexibility index (Phi) is 12.4. The lowest BCUT2D eigenvalue weighted by atomic mass is 10.2. The van der Waals surface area contributed by atoms with Crippen molar-refractivity contribution in [3.05, 3.63) is 76.4 Å². The van der Waals surface area contributed by atoms with E-state index >= 15 is 0 Å². The summed E-state index contributed by atoms with van der Waals surface area (Å²) in [5.41, 5.74) is -0.301. The summed E-state index contributed by atoms with van der Waals surface area (Å²) in [4.78, 5) is 55.0. The Morgan fingerprint density at radius 2 is 1.45 bits per heavy atom. The molecule has 2 heterocycles. The molecule has 0 atom stereocenters. The van der Waals surface area contributed by atoms with Gasteiger partial charge in [0, 0.05) is 18.7 Å². The van der Waals surface area contributed by atoms with Gasteiger partial charge in [-0.25, -0.2) is 27.5 Å². The van der Waals surface area contributed by atoms with Crippen molar-refractivity contribution in [2.45, 2.75) is 28.8 Å². The normalized spacial score (nSPS) is 12.3. The van der Waals surface area contributed by atoms with Gasteiger partial charge in [0.1, 0.15) is 11.3 Å². The Morgan fingerprint density at radius 3 is 2.00 bits per heavy atom. The van der Waals surface area contributed by atoms with Gasteiger partial charge < -0.3 is 24.6 Å². The van der Waals surface area contributed by atoms with Crippen molar-refractivity contribution < 1.29 is 55.3 Å². The number of sulfonamides is 2. The second kappa shape index (κ2) is 16.6. The average molecular weight is 795 g/mol. The van der Waals surface area contributed by atoms with Crippen molar-refractivity contribution in [2.75, 3.05) is 26.6 Å². The molecular formula is C30H31ClN8O12S2. The van der Waals surface area contributed by atoms with Crippen LogP contribution in [0.3, 0.4) is 0 Å². The number of nitrogens with one attached hydrogen (secondary N) is 4. The van der Waals surface area contributed by atoms with Crippen molar-refractivity contribution in [1.82, 2.24) is 34.5 Å². The zero-order valence-electron chi connectivity index (χ0n) is 28.1. The molecule has 1 aliphatic carbocycles. The number of aromatic nitrogens is 4. The number of para-hydroxylation sites is 1. The lowest BCUT2D eigenvalue weighted by Crippen LogP contribution is -2.36. The average Bonchev–Trinajstić information content (AvgIpc) is 3.87. The molecule has 0 aliphatic heterocycles. The number of hydrogen-bond acceptors (Lipinski definition) is 14. The number of rotatable bonds is 12. The minimum absolute atomic E-state index is 0.0478. The Balaban J connectivity index is 0.000000237. The maximum absolute atomic E-state index is 12.4. The first-order valence-corrected chi connectivity index (χ1v) is 18.2. The van der Waals surface area contributed by atoms with E-state index < -0.39 is 53.7 Å². The van der Waals surface area contributed by atoms with Gasteiger partial charge in [0.25, 0.3) is 31.9 Å². The maximum atomic E-state index is 12.4. The molecule has 0 radical (unpaired) electrons. The zero-order valence-corrected chi connectivity index (χ0v) is 30.5. The van der Waals surface area contributed by atoms with Crippen molar-refractivity contribution >= 4 is 61.4 Å². The van der Waals surface area contributed by atoms with Crippen LogP contribution in [0.5, 0.6) is 17.5 Å². The van der Waals surface area contributed by atoms with Gasteiger partial charge in [-0.3, -0.25) is 19.6 Å². The van der Waals surface area contributed by atoms with E-state index in [1.165, 1.54) is 57.7 Å². The minimum Gasteiger partial charge on any atom is -0.496 e. The van der Waals surface area contributed by atoms with Crippen LogP contribution in [0.4, 0.5) is 10.7 Å². The van der Waals surface area contributed by atoms with Gasteiger partial charge in [-0.05, 0) is 49.2 Å². The van der Waals surface area contributed by atoms with Crippen LogP contribution < -0.4 is 34.3 Å². The number of aryl methyl sites for hydroxylation is 1. The van der Waals surface area contributed by atoms with Gasteiger partial charge in [0.2, 0.25) is 17.7 Å². The lowest BCUT2D eigenvalue weighted by molar-refractivity contribution is 0.0691. The number of halogens is 1. The predicted molar refractivity (Wildman–Crippen MR) is 184 cm³/mol. The van der Waals surface area contributed by atoms with E-state index in [0.717, 1.165) is 19.9 Å². The van der Waals surface area contributed by atoms with E-state index in [1.54, 1.807) is 22.9 Å². The number of urea groups is 1. The topological polar surface area (TPSA) is 276 Å². The van der Waals surface area contributed by atoms with Gasteiger partial charge in [-0.2, -0.15) is 23.5 Å². The van der Waals surface area contributed by atoms with Gasteiger partial charge in [0.15, 0.2) is 10.2 Å². The molecule has 0 bridgehead atoms. The first-order chi connectivity index (χ1) is 25.0. The van der Waals surface area contributed by atoms with Crippen molar-refractivity contribution in [1.29, 1.82) is 0 Å². The summed E-state index contributed by atoms with van der Waals surface area (Å²) < 4.78 is 68.8. The molecule has 1 saturated carbocycles. The van der Waals surface area contributed by atoms with Crippen molar-refractivity contribution in [3.8, 4) is 17.5 Å². The summed E-state index contributed by atoms with van der Waals surface area (Å²) in [6.07, 6.45) is 1.93. The molecule has 20 nitrogen and oxygen atoms in total. The minimum atomic E-state index is -4.64. The number of anilines is 1. The Labute approximate surface area is 306 Å². The molecule has 282 valence electrons. The zero-order chi connectivity index (χ0) is 39.1. The van der Waals surface area contributed by atoms with Crippen LogP contribution in [0.1, 0.15) is 43.9 Å². The first-order valence-electron chi connectivity index (χ1n) is 14.9. The van der Waals surface area contributed by atoms with Crippen LogP contribution in [0, 0.1) is 0 Å². The molecule has 0 saturated heterocycles. The quantitative estimate of drug-likeness (QED) is 0.137. The SMILES string of the molecule is COc1cc(OC)nc(NC(=O)NS(=O)(=O)c2c(C(=O)O)c(Cl)nn2C)n1.COc1ccccc1C(=O)NS(=O)(=O)c1ccc(C(=O)NC2CC2)cc1. The van der Waals surface area contributed by atoms with Crippen molar-refractivity contribution in [2.24, 2.45) is 7.05 Å². The number of nitrogens with zero attached hydrogens (tertiary/aromatic N) is 4. The maximum Gasteiger partial charge on any atom is 0.341 e. The van der Waals surface area contributed by atoms with Crippen LogP contribution >= 0.6 is 11.6 Å². The number of hydrogen-bond donors (Lipinski definition) is 5. The number of aromatic carboxylic acids is 1. The Hall–Kier alpha value is -6.00. The highest BCUT2D eigenvalue weighted by molar-refractivity contribution is 7.90. The largest absolute Gasteiger partial charge is 0.496 e. The van der Waals surface area contributed by atoms with E-state index in [1.807, 2.05) is 4.72 Å². The summed E-state index contributed by atoms with van der Waals surface area (Å²) in [5.74, 6) is -2.62. The Bertz CT molecular complexity index is 2240. The number of ether oxygens (including phenoxy) is 3. The molecule has 5 rings (SSSR count). The third kappa shape index (κ3) is 10.1. The van der Waals surface area contributed by atoms with Crippen LogP contribution in [0.2, 0.25) is 5.15 Å². The number of benzene rings is 2. The molecular weight excluding hydrogens is 764 g/mol. The molecule has 2 aromatic heterocycles. The van der Waals surface area contributed by atoms with Gasteiger partial charge >= 0.3 is 12.0 Å². The lowest BCUT2D eigenvalue weighted by Gasteiger charge is -2.10. The molecule has 5 N–H and O–H groups in total. The number of carbonyl (C=O) groups is 4. The molecule has 53 heavy (non-hydrogen) atoms. The standard InChI is InChI=1S/C18H18N2O5S.C12H13ClN6O7S/c1-25-16-5-3-2-4-15(16)18(22)20-26(23,24)14-10-6-12(7-11-14)17(21)19-13-8-9-13;1-19-9(7(10(20)21)8(13)17-19)27(23,24)18-12(22)16-11-14-5(25-2)4-6(15-11)26-3/h2-7,10-11,13H,8-9H2,1H3,(H,19,21)(H,20,22);4H,1-3H3,(H,20,21)(H2,14,15,16,18,22). The van der Waals surface area contributed by atoms with E-state index in [9.17, 15) is 36.0 Å². The Morgan fingerprint density at radius 1 is 0.849 bits per heavy atom. The molecule has 23 heteroatoms. The monoisotopic (exact) mass is 794 g/mol. The smallest absolute Gasteiger partial charge is 0.341 e. The molecule has 4 amide bonds. The second-order valence-electron chi connectivity index (χ2n) is 10.6. The summed E-state index contributed by atoms with van der Waals surface area (Å²) >= 11 is 5.63. The van der Waals surface area contributed by atoms with Gasteiger partial charge in [-0.1, -0.05) is 23.7 Å². The molecule has 1 fully saturated rings. The van der Waals surface area contributed by atoms with Crippen LogP contribution in [0.15, 0.2) is 64.5 Å². The molecule has 0 spiro atoms. The number of methoxy groups -OCH3 is 3. The molecule has 0 unspecified atom stereocenters. The number of amides is 4. The third-order valence-corrected chi connectivity index (χ3v) is 9.93. The summed E-state index contributed by atoms with van der Waals surface area (Å²) in [6, 6.07) is 12.0. The fraction of sp³-hybridized carbons (Fsp3) is 0.233. The summed E-state index contributed by atoms with van der Waals surface area (Å²) in [6.45, 7) is 0. The fourth-order valence-electron chi connectivity index (χ4n) is 4.28. The highest BCUT2D eigenvalue weighted by Crippen LogP contribution is 2.24. The highest BCUT2D eigenvalue weighted by Gasteiger charge is 2.32. The van der Waals surface area contributed by atoms with E-state index in [2.05, 4.69) is 25.7 Å². The third-order valence-electron chi connectivity index (χ3n) is 6.89. The van der Waals surface area contributed by atoms with Crippen LogP contribution in [-0.2, 0) is 27.1 Å². The van der Waals surface area contributed by atoms with E-state index in [4.69, 9.17) is 30.9 Å². The summed E-state index contributed by atoms with van der Waals surface area (Å²) in [7, 11) is -3.54. The number of carbonyl (C=O) groups excluding carboxylic acids is 3. The summed E-state index contributed by atoms with van der Waals surface area (Å²) in [5, 5.41) is 16.2. The number of carboxylic acids is 1. The fourth-order valence-corrected chi connectivity index (χ4v) is 6.82. The first kappa shape index (κ1) is 39.8. The van der Waals surface area contributed by atoms with Gasteiger partial charge in [-0.15, -0.1) is 0 Å². The van der Waals surface area contributed by atoms with Gasteiger partial charge in [0.05, 0.1) is 37.9 Å². The second-order valence-corrected chi connectivity index (χ2v) is 14.3. The van der Waals surface area contributed by atoms with E-state index in [-0.39, 0.29) is 45.9 Å². The van der Waals surface area contributed by atoms with Crippen molar-refractivity contribution in [3.63, 3.8) is 0 Å². The highest BCUT2D eigenvalue weighted by atomic mass is 35.5. The number of carboxylic acid groups (broad SMARTS) is 1. The predicted octanol–water partition coefficient (Wildman–Crippen LogP) is 1.80. The molecule has 1 aliphatic rings. The van der Waals surface area contributed by atoms with Crippen LogP contribution in [0.25, 0.3) is 0 Å².